The van der Waals surface area contributed by atoms with Gasteiger partial charge in [-0.15, -0.1) is 0 Å². The summed E-state index contributed by atoms with van der Waals surface area (Å²) in [6.45, 7) is 6.96. The van der Waals surface area contributed by atoms with Crippen LogP contribution < -0.4 is 5.32 Å². The minimum atomic E-state index is -0.180. The predicted molar refractivity (Wildman–Crippen MR) is 79.7 cm³/mol. The number of nitrogens with zero attached hydrogens (tertiary/aromatic N) is 1. The first-order chi connectivity index (χ1) is 9.66. The van der Waals surface area contributed by atoms with E-state index in [-0.39, 0.29) is 12.1 Å². The van der Waals surface area contributed by atoms with Gasteiger partial charge in [-0.2, -0.15) is 0 Å². The lowest BCUT2D eigenvalue weighted by molar-refractivity contribution is 0.0694. The Bertz CT molecular complexity index is 420. The number of benzene rings is 1. The first kappa shape index (κ1) is 14.9. The molecule has 1 aliphatic rings. The van der Waals surface area contributed by atoms with Gasteiger partial charge in [0.2, 0.25) is 0 Å². The van der Waals surface area contributed by atoms with Crippen LogP contribution in [-0.4, -0.2) is 43.3 Å². The van der Waals surface area contributed by atoms with Crippen molar-refractivity contribution >= 4 is 6.09 Å². The predicted octanol–water partition coefficient (Wildman–Crippen LogP) is 2.30. The molecule has 2 rings (SSSR count). The minimum absolute atomic E-state index is 0.172. The van der Waals surface area contributed by atoms with Crippen molar-refractivity contribution in [1.29, 1.82) is 0 Å². The zero-order chi connectivity index (χ0) is 14.4. The number of hydrogen-bond donors (Lipinski definition) is 1. The Kier molecular flexibility index (Phi) is 5.41. The molecular weight excluding hydrogens is 252 g/mol. The molecule has 0 saturated carbocycles. The zero-order valence-corrected chi connectivity index (χ0v) is 12.3. The summed E-state index contributed by atoms with van der Waals surface area (Å²) in [7, 11) is 0. The van der Waals surface area contributed by atoms with Crippen LogP contribution in [0.5, 0.6) is 0 Å². The Hall–Kier alpha value is -1.55. The van der Waals surface area contributed by atoms with Gasteiger partial charge in [0.25, 0.3) is 0 Å². The van der Waals surface area contributed by atoms with Crippen LogP contribution in [0.4, 0.5) is 4.79 Å². The molecule has 1 aliphatic heterocycles. The van der Waals surface area contributed by atoms with E-state index in [4.69, 9.17) is 4.74 Å². The van der Waals surface area contributed by atoms with Crippen molar-refractivity contribution in [2.24, 2.45) is 5.92 Å². The molecule has 110 valence electrons. The summed E-state index contributed by atoms with van der Waals surface area (Å²) >= 11 is 0. The highest BCUT2D eigenvalue weighted by Crippen LogP contribution is 2.13. The average Bonchev–Trinajstić information content (AvgIpc) is 2.46. The summed E-state index contributed by atoms with van der Waals surface area (Å²) in [5.74, 6) is 0.370. The van der Waals surface area contributed by atoms with Crippen molar-refractivity contribution in [2.75, 3.05) is 26.2 Å². The van der Waals surface area contributed by atoms with E-state index in [2.05, 4.69) is 17.4 Å². The van der Waals surface area contributed by atoms with Crippen LogP contribution in [0, 0.1) is 5.92 Å². The summed E-state index contributed by atoms with van der Waals surface area (Å²) in [5, 5.41) is 3.36. The van der Waals surface area contributed by atoms with Gasteiger partial charge < -0.3 is 15.0 Å². The van der Waals surface area contributed by atoms with E-state index in [9.17, 15) is 4.79 Å². The number of hydrogen-bond acceptors (Lipinski definition) is 3. The fourth-order valence-electron chi connectivity index (χ4n) is 2.39. The number of carbonyl (C=O) groups excluding carboxylic acids is 1. The second-order valence-corrected chi connectivity index (χ2v) is 5.71. The fraction of sp³-hybridized carbons (Fsp3) is 0.562. The number of rotatable bonds is 4. The molecule has 0 radical (unpaired) electrons. The molecule has 1 unspecified atom stereocenters. The molecular formula is C16H24N2O2. The van der Waals surface area contributed by atoms with Gasteiger partial charge in [-0.1, -0.05) is 44.2 Å². The highest BCUT2D eigenvalue weighted by molar-refractivity contribution is 5.68. The maximum absolute atomic E-state index is 12.2. The van der Waals surface area contributed by atoms with E-state index < -0.39 is 0 Å². The van der Waals surface area contributed by atoms with Gasteiger partial charge in [0.15, 0.2) is 0 Å². The van der Waals surface area contributed by atoms with E-state index >= 15 is 0 Å². The third-order valence-electron chi connectivity index (χ3n) is 3.44. The highest BCUT2D eigenvalue weighted by atomic mass is 16.6. The molecule has 1 fully saturated rings. The highest BCUT2D eigenvalue weighted by Gasteiger charge is 2.27. The van der Waals surface area contributed by atoms with Crippen LogP contribution in [-0.2, 0) is 11.2 Å². The third kappa shape index (κ3) is 4.23. The SMILES string of the molecule is CC(C)COC(=O)N1CCNCC1Cc1ccccc1. The molecule has 1 amide bonds. The lowest BCUT2D eigenvalue weighted by Crippen LogP contribution is -2.54. The van der Waals surface area contributed by atoms with Crippen LogP contribution in [0.25, 0.3) is 0 Å². The molecule has 1 saturated heterocycles. The summed E-state index contributed by atoms with van der Waals surface area (Å²) in [6.07, 6.45) is 0.686. The molecule has 0 bridgehead atoms. The van der Waals surface area contributed by atoms with Gasteiger partial charge in [-0.05, 0) is 17.9 Å². The fourth-order valence-corrected chi connectivity index (χ4v) is 2.39. The van der Waals surface area contributed by atoms with Crippen molar-refractivity contribution in [3.8, 4) is 0 Å². The topological polar surface area (TPSA) is 41.6 Å². The van der Waals surface area contributed by atoms with Gasteiger partial charge >= 0.3 is 6.09 Å². The Balaban J connectivity index is 1.96. The second-order valence-electron chi connectivity index (χ2n) is 5.71. The summed E-state index contributed by atoms with van der Waals surface area (Å²) in [6, 6.07) is 10.5. The van der Waals surface area contributed by atoms with Gasteiger partial charge in [0, 0.05) is 19.6 Å². The first-order valence-corrected chi connectivity index (χ1v) is 7.35. The van der Waals surface area contributed by atoms with E-state index in [1.807, 2.05) is 36.9 Å². The van der Waals surface area contributed by atoms with Crippen molar-refractivity contribution in [3.63, 3.8) is 0 Å². The molecule has 4 nitrogen and oxygen atoms in total. The summed E-state index contributed by atoms with van der Waals surface area (Å²) in [4.78, 5) is 14.0. The van der Waals surface area contributed by atoms with Crippen LogP contribution >= 0.6 is 0 Å². The molecule has 0 aromatic heterocycles. The van der Waals surface area contributed by atoms with Crippen LogP contribution in [0.3, 0.4) is 0 Å². The number of amides is 1. The largest absolute Gasteiger partial charge is 0.449 e. The number of piperazine rings is 1. The van der Waals surface area contributed by atoms with Crippen molar-refractivity contribution in [3.05, 3.63) is 35.9 Å². The minimum Gasteiger partial charge on any atom is -0.449 e. The molecule has 20 heavy (non-hydrogen) atoms. The Labute approximate surface area is 121 Å². The number of carbonyl (C=O) groups is 1. The molecule has 1 atom stereocenters. The standard InChI is InChI=1S/C16H24N2O2/c1-13(2)12-20-16(19)18-9-8-17-11-15(18)10-14-6-4-3-5-7-14/h3-7,13,15,17H,8-12H2,1-2H3. The van der Waals surface area contributed by atoms with E-state index in [1.54, 1.807) is 0 Å². The van der Waals surface area contributed by atoms with Crippen LogP contribution in [0.15, 0.2) is 30.3 Å². The van der Waals surface area contributed by atoms with Crippen LogP contribution in [0.2, 0.25) is 0 Å². The monoisotopic (exact) mass is 276 g/mol. The number of nitrogens with one attached hydrogen (secondary N) is 1. The normalized spacial score (nSPS) is 19.1. The van der Waals surface area contributed by atoms with Crippen molar-refractivity contribution in [2.45, 2.75) is 26.3 Å². The van der Waals surface area contributed by atoms with Gasteiger partial charge in [-0.25, -0.2) is 4.79 Å². The quantitative estimate of drug-likeness (QED) is 0.917. The summed E-state index contributed by atoms with van der Waals surface area (Å²) in [5.41, 5.74) is 1.25. The van der Waals surface area contributed by atoms with Crippen LogP contribution in [0.1, 0.15) is 19.4 Å². The van der Waals surface area contributed by atoms with Crippen molar-refractivity contribution in [1.82, 2.24) is 10.2 Å². The lowest BCUT2D eigenvalue weighted by Gasteiger charge is -2.35. The maximum atomic E-state index is 12.2. The molecule has 0 spiro atoms. The molecule has 1 N–H and O–H groups in total. The Morgan fingerprint density at radius 1 is 1.40 bits per heavy atom. The molecule has 0 aliphatic carbocycles. The van der Waals surface area contributed by atoms with Crippen molar-refractivity contribution < 1.29 is 9.53 Å². The maximum Gasteiger partial charge on any atom is 0.410 e. The van der Waals surface area contributed by atoms with Gasteiger partial charge in [0.05, 0.1) is 12.6 Å². The Morgan fingerprint density at radius 2 is 2.15 bits per heavy atom. The Morgan fingerprint density at radius 3 is 2.85 bits per heavy atom. The molecule has 1 aromatic carbocycles. The lowest BCUT2D eigenvalue weighted by atomic mass is 10.0. The first-order valence-electron chi connectivity index (χ1n) is 7.35. The average molecular weight is 276 g/mol. The third-order valence-corrected chi connectivity index (χ3v) is 3.44. The molecule has 4 heteroatoms. The number of ether oxygens (including phenoxy) is 1. The summed E-state index contributed by atoms with van der Waals surface area (Å²) < 4.78 is 5.37. The molecule has 1 heterocycles. The zero-order valence-electron chi connectivity index (χ0n) is 12.3. The van der Waals surface area contributed by atoms with E-state index in [1.165, 1.54) is 5.56 Å². The van der Waals surface area contributed by atoms with E-state index in [0.29, 0.717) is 19.1 Å². The molecule has 1 aromatic rings. The van der Waals surface area contributed by atoms with Gasteiger partial charge in [-0.3, -0.25) is 0 Å². The van der Waals surface area contributed by atoms with E-state index in [0.717, 1.165) is 19.5 Å². The second kappa shape index (κ2) is 7.29. The van der Waals surface area contributed by atoms with Gasteiger partial charge in [0.1, 0.15) is 0 Å². The smallest absolute Gasteiger partial charge is 0.410 e.